The van der Waals surface area contributed by atoms with Gasteiger partial charge in [0.2, 0.25) is 11.8 Å². The van der Waals surface area contributed by atoms with E-state index in [1.54, 1.807) is 0 Å². The van der Waals surface area contributed by atoms with Crippen LogP contribution in [-0.2, 0) is 15.8 Å². The summed E-state index contributed by atoms with van der Waals surface area (Å²) in [7, 11) is 0. The average Bonchev–Trinajstić information content (AvgIpc) is 2.39. The molecule has 0 bridgehead atoms. The molecule has 1 amide bonds. The van der Waals surface area contributed by atoms with E-state index in [-0.39, 0.29) is 37.6 Å². The maximum absolute atomic E-state index is 12.8. The molecule has 1 aromatic rings. The van der Waals surface area contributed by atoms with E-state index in [4.69, 9.17) is 4.74 Å². The largest absolute Gasteiger partial charge is 0.470 e. The quantitative estimate of drug-likeness (QED) is 0.834. The molecule has 1 aliphatic rings. The molecule has 0 aromatic carbocycles. The molecule has 120 valence electrons. The first-order chi connectivity index (χ1) is 10.3. The third-order valence-electron chi connectivity index (χ3n) is 3.25. The highest BCUT2D eigenvalue weighted by atomic mass is 19.4. The van der Waals surface area contributed by atoms with Gasteiger partial charge in [-0.2, -0.15) is 13.2 Å². The molecule has 0 aliphatic carbocycles. The zero-order valence-corrected chi connectivity index (χ0v) is 11.9. The number of aromatic nitrogens is 1. The minimum Gasteiger partial charge on any atom is -0.470 e. The van der Waals surface area contributed by atoms with Gasteiger partial charge in [-0.15, -0.1) is 0 Å². The lowest BCUT2D eigenvalue weighted by Crippen LogP contribution is -2.56. The molecular formula is C14H15F3N2O3. The highest BCUT2D eigenvalue weighted by molar-refractivity contribution is 5.84. The molecule has 0 atom stereocenters. The molecule has 22 heavy (non-hydrogen) atoms. The van der Waals surface area contributed by atoms with Gasteiger partial charge in [0.05, 0.1) is 13.1 Å². The van der Waals surface area contributed by atoms with Crippen LogP contribution in [0.5, 0.6) is 5.88 Å². The van der Waals surface area contributed by atoms with Crippen molar-refractivity contribution in [3.8, 4) is 5.88 Å². The van der Waals surface area contributed by atoms with Gasteiger partial charge in [0, 0.05) is 19.0 Å². The van der Waals surface area contributed by atoms with Crippen LogP contribution in [0.2, 0.25) is 0 Å². The second-order valence-corrected chi connectivity index (χ2v) is 5.09. The molecule has 0 unspecified atom stereocenters. The van der Waals surface area contributed by atoms with Crippen molar-refractivity contribution in [3.05, 3.63) is 23.9 Å². The van der Waals surface area contributed by atoms with Gasteiger partial charge in [-0.25, -0.2) is 4.98 Å². The Morgan fingerprint density at radius 2 is 2.05 bits per heavy atom. The van der Waals surface area contributed by atoms with Crippen molar-refractivity contribution in [2.24, 2.45) is 0 Å². The van der Waals surface area contributed by atoms with Crippen molar-refractivity contribution in [1.82, 2.24) is 9.88 Å². The zero-order chi connectivity index (χ0) is 16.3. The standard InChI is InChI=1S/C14H15F3N2O3/c1-9(20)4-5-12(21)19-7-10(8-19)22-13-11(14(15,16)17)3-2-6-18-13/h2-3,6,10H,4-5,7-8H2,1H3. The summed E-state index contributed by atoms with van der Waals surface area (Å²) in [6.45, 7) is 1.80. The van der Waals surface area contributed by atoms with Crippen LogP contribution in [-0.4, -0.2) is 40.8 Å². The fourth-order valence-corrected chi connectivity index (χ4v) is 2.02. The maximum Gasteiger partial charge on any atom is 0.421 e. The number of rotatable bonds is 5. The van der Waals surface area contributed by atoms with Crippen molar-refractivity contribution in [2.45, 2.75) is 32.0 Å². The molecule has 0 saturated carbocycles. The Morgan fingerprint density at radius 1 is 1.36 bits per heavy atom. The van der Waals surface area contributed by atoms with Crippen LogP contribution in [0.1, 0.15) is 25.3 Å². The summed E-state index contributed by atoms with van der Waals surface area (Å²) in [6.07, 6.45) is -3.56. The Balaban J connectivity index is 1.88. The SMILES string of the molecule is CC(=O)CCC(=O)N1CC(Oc2ncccc2C(F)(F)F)C1. The number of pyridine rings is 1. The highest BCUT2D eigenvalue weighted by Crippen LogP contribution is 2.35. The van der Waals surface area contributed by atoms with Crippen LogP contribution in [0.3, 0.4) is 0 Å². The van der Waals surface area contributed by atoms with Gasteiger partial charge in [0.1, 0.15) is 17.5 Å². The lowest BCUT2D eigenvalue weighted by atomic mass is 10.1. The Labute approximate surface area is 125 Å². The van der Waals surface area contributed by atoms with Gasteiger partial charge < -0.3 is 14.4 Å². The lowest BCUT2D eigenvalue weighted by molar-refractivity contribution is -0.145. The molecule has 1 fully saturated rings. The number of ketones is 1. The van der Waals surface area contributed by atoms with E-state index in [0.717, 1.165) is 6.07 Å². The lowest BCUT2D eigenvalue weighted by Gasteiger charge is -2.39. The summed E-state index contributed by atoms with van der Waals surface area (Å²) in [5.74, 6) is -0.757. The minimum atomic E-state index is -4.54. The minimum absolute atomic E-state index is 0.0787. The second kappa shape index (κ2) is 6.33. The first-order valence-corrected chi connectivity index (χ1v) is 6.73. The number of carbonyl (C=O) groups is 2. The predicted octanol–water partition coefficient (Wildman–Crippen LogP) is 2.06. The molecule has 2 heterocycles. The number of hydrogen-bond acceptors (Lipinski definition) is 4. The second-order valence-electron chi connectivity index (χ2n) is 5.09. The number of amides is 1. The fraction of sp³-hybridized carbons (Fsp3) is 0.500. The molecule has 2 rings (SSSR count). The van der Waals surface area contributed by atoms with Crippen LogP contribution >= 0.6 is 0 Å². The van der Waals surface area contributed by atoms with Gasteiger partial charge in [0.15, 0.2) is 0 Å². The Hall–Kier alpha value is -2.12. The first kappa shape index (κ1) is 16.3. The number of hydrogen-bond donors (Lipinski definition) is 0. The normalized spacial score (nSPS) is 15.4. The number of nitrogens with zero attached hydrogens (tertiary/aromatic N) is 2. The van der Waals surface area contributed by atoms with Gasteiger partial charge in [-0.05, 0) is 19.1 Å². The molecule has 8 heteroatoms. The summed E-state index contributed by atoms with van der Waals surface area (Å²) in [5, 5.41) is 0. The molecule has 0 N–H and O–H groups in total. The molecule has 1 saturated heterocycles. The van der Waals surface area contributed by atoms with Crippen molar-refractivity contribution in [1.29, 1.82) is 0 Å². The average molecular weight is 316 g/mol. The third kappa shape index (κ3) is 3.96. The Morgan fingerprint density at radius 3 is 2.64 bits per heavy atom. The molecular weight excluding hydrogens is 301 g/mol. The van der Waals surface area contributed by atoms with Gasteiger partial charge in [-0.3, -0.25) is 4.79 Å². The number of ether oxygens (including phenoxy) is 1. The Kier molecular flexibility index (Phi) is 4.68. The van der Waals surface area contributed by atoms with Crippen molar-refractivity contribution in [3.63, 3.8) is 0 Å². The number of alkyl halides is 3. The molecule has 5 nitrogen and oxygen atoms in total. The molecule has 0 radical (unpaired) electrons. The van der Waals surface area contributed by atoms with Crippen LogP contribution in [0, 0.1) is 0 Å². The van der Waals surface area contributed by atoms with E-state index in [2.05, 4.69) is 4.98 Å². The topological polar surface area (TPSA) is 59.5 Å². The van der Waals surface area contributed by atoms with Crippen LogP contribution in [0.15, 0.2) is 18.3 Å². The van der Waals surface area contributed by atoms with Crippen molar-refractivity contribution in [2.75, 3.05) is 13.1 Å². The van der Waals surface area contributed by atoms with Crippen LogP contribution in [0.4, 0.5) is 13.2 Å². The van der Waals surface area contributed by atoms with E-state index in [1.165, 1.54) is 24.1 Å². The Bertz CT molecular complexity index is 569. The number of likely N-dealkylation sites (tertiary alicyclic amines) is 1. The first-order valence-electron chi connectivity index (χ1n) is 6.73. The number of Topliss-reactive ketones (excluding diaryl/α,β-unsaturated/α-hetero) is 1. The van der Waals surface area contributed by atoms with Gasteiger partial charge in [0.25, 0.3) is 0 Å². The summed E-state index contributed by atoms with van der Waals surface area (Å²) in [4.78, 5) is 27.5. The van der Waals surface area contributed by atoms with Crippen LogP contribution < -0.4 is 4.74 Å². The maximum atomic E-state index is 12.8. The summed E-state index contributed by atoms with van der Waals surface area (Å²) < 4.78 is 43.6. The van der Waals surface area contributed by atoms with E-state index >= 15 is 0 Å². The molecule has 1 aromatic heterocycles. The van der Waals surface area contributed by atoms with Crippen molar-refractivity contribution >= 4 is 11.7 Å². The van der Waals surface area contributed by atoms with Gasteiger partial charge >= 0.3 is 6.18 Å². The molecule has 1 aliphatic heterocycles. The molecule has 0 spiro atoms. The van der Waals surface area contributed by atoms with E-state index < -0.39 is 23.7 Å². The number of halogens is 3. The summed E-state index contributed by atoms with van der Waals surface area (Å²) in [5.41, 5.74) is -0.934. The van der Waals surface area contributed by atoms with Crippen LogP contribution in [0.25, 0.3) is 0 Å². The smallest absolute Gasteiger partial charge is 0.421 e. The number of carbonyl (C=O) groups excluding carboxylic acids is 2. The monoisotopic (exact) mass is 316 g/mol. The fourth-order valence-electron chi connectivity index (χ4n) is 2.02. The van der Waals surface area contributed by atoms with Gasteiger partial charge in [-0.1, -0.05) is 0 Å². The highest BCUT2D eigenvalue weighted by Gasteiger charge is 2.38. The third-order valence-corrected chi connectivity index (χ3v) is 3.25. The predicted molar refractivity (Wildman–Crippen MR) is 70.2 cm³/mol. The van der Waals surface area contributed by atoms with Crippen molar-refractivity contribution < 1.29 is 27.5 Å². The zero-order valence-electron chi connectivity index (χ0n) is 11.9. The summed E-state index contributed by atoms with van der Waals surface area (Å²) in [6, 6.07) is 2.09. The van der Waals surface area contributed by atoms with E-state index in [1.807, 2.05) is 0 Å². The summed E-state index contributed by atoms with van der Waals surface area (Å²) >= 11 is 0. The van der Waals surface area contributed by atoms with E-state index in [0.29, 0.717) is 0 Å². The van der Waals surface area contributed by atoms with E-state index in [9.17, 15) is 22.8 Å².